The molecule has 3 nitrogen and oxygen atoms in total. The molecule has 1 unspecified atom stereocenters. The predicted octanol–water partition coefficient (Wildman–Crippen LogP) is 2.21. The summed E-state index contributed by atoms with van der Waals surface area (Å²) in [5, 5.41) is 9.32. The first-order valence-corrected chi connectivity index (χ1v) is 5.82. The second kappa shape index (κ2) is 5.06. The van der Waals surface area contributed by atoms with Crippen molar-refractivity contribution in [3.8, 4) is 5.75 Å². The number of nitrogens with two attached hydrogens (primary N) is 1. The molecule has 1 atom stereocenters. The summed E-state index contributed by atoms with van der Waals surface area (Å²) in [4.78, 5) is 0. The van der Waals surface area contributed by atoms with Crippen LogP contribution < -0.4 is 5.73 Å². The van der Waals surface area contributed by atoms with E-state index in [-0.39, 0.29) is 0 Å². The molecule has 1 aromatic carbocycles. The van der Waals surface area contributed by atoms with Crippen LogP contribution in [0.3, 0.4) is 0 Å². The lowest BCUT2D eigenvalue weighted by Gasteiger charge is -2.18. The van der Waals surface area contributed by atoms with E-state index >= 15 is 0 Å². The topological polar surface area (TPSA) is 51.2 Å². The highest BCUT2D eigenvalue weighted by Gasteiger charge is 2.15. The molecule has 0 aliphatic rings. The molecule has 17 heavy (non-hydrogen) atoms. The number of aromatic nitrogens is 1. The van der Waals surface area contributed by atoms with E-state index in [1.807, 2.05) is 31.4 Å². The van der Waals surface area contributed by atoms with E-state index in [0.29, 0.717) is 18.2 Å². The molecule has 1 aromatic heterocycles. The Morgan fingerprint density at radius 1 is 1.24 bits per heavy atom. The summed E-state index contributed by atoms with van der Waals surface area (Å²) >= 11 is 0. The highest BCUT2D eigenvalue weighted by Crippen LogP contribution is 2.28. The maximum absolute atomic E-state index is 9.32. The van der Waals surface area contributed by atoms with Crippen LogP contribution in [0.5, 0.6) is 5.75 Å². The Bertz CT molecular complexity index is 473. The van der Waals surface area contributed by atoms with Crippen LogP contribution in [0.1, 0.15) is 23.6 Å². The van der Waals surface area contributed by atoms with Crippen LogP contribution >= 0.6 is 0 Å². The number of phenols is 1. The van der Waals surface area contributed by atoms with Crippen molar-refractivity contribution in [1.29, 1.82) is 0 Å². The number of rotatable bonds is 4. The summed E-state index contributed by atoms with van der Waals surface area (Å²) in [5.41, 5.74) is 8.14. The summed E-state index contributed by atoms with van der Waals surface area (Å²) in [5.74, 6) is 0.590. The van der Waals surface area contributed by atoms with Gasteiger partial charge in [-0.3, -0.25) is 0 Å². The van der Waals surface area contributed by atoms with Gasteiger partial charge in [-0.2, -0.15) is 0 Å². The lowest BCUT2D eigenvalue weighted by atomic mass is 9.92. The molecule has 0 aliphatic heterocycles. The van der Waals surface area contributed by atoms with Crippen LogP contribution in [0, 0.1) is 0 Å². The standard InChI is InChI=1S/C14H18N2O/c1-16-10-2-3-14(16)13(8-9-15)11-4-6-12(17)7-5-11/h2-7,10,13,17H,8-9,15H2,1H3. The van der Waals surface area contributed by atoms with Crippen LogP contribution in [-0.4, -0.2) is 16.2 Å². The Kier molecular flexibility index (Phi) is 3.49. The van der Waals surface area contributed by atoms with Gasteiger partial charge in [-0.15, -0.1) is 0 Å². The molecule has 0 spiro atoms. The minimum Gasteiger partial charge on any atom is -0.508 e. The first-order valence-electron chi connectivity index (χ1n) is 5.82. The van der Waals surface area contributed by atoms with Crippen molar-refractivity contribution in [3.63, 3.8) is 0 Å². The molecule has 90 valence electrons. The smallest absolute Gasteiger partial charge is 0.115 e. The zero-order valence-electron chi connectivity index (χ0n) is 10.0. The third kappa shape index (κ3) is 2.50. The van der Waals surface area contributed by atoms with Crippen LogP contribution in [0.15, 0.2) is 42.6 Å². The van der Waals surface area contributed by atoms with Gasteiger partial charge in [0.1, 0.15) is 5.75 Å². The number of benzene rings is 1. The van der Waals surface area contributed by atoms with Gasteiger partial charge < -0.3 is 15.4 Å². The molecular weight excluding hydrogens is 212 g/mol. The van der Waals surface area contributed by atoms with Gasteiger partial charge in [-0.25, -0.2) is 0 Å². The van der Waals surface area contributed by atoms with Gasteiger partial charge >= 0.3 is 0 Å². The summed E-state index contributed by atoms with van der Waals surface area (Å²) in [7, 11) is 2.04. The molecule has 0 saturated heterocycles. The van der Waals surface area contributed by atoms with E-state index in [4.69, 9.17) is 5.73 Å². The number of aryl methyl sites for hydroxylation is 1. The van der Waals surface area contributed by atoms with Gasteiger partial charge in [0.05, 0.1) is 0 Å². The van der Waals surface area contributed by atoms with E-state index in [9.17, 15) is 5.11 Å². The van der Waals surface area contributed by atoms with Crippen molar-refractivity contribution in [3.05, 3.63) is 53.9 Å². The van der Waals surface area contributed by atoms with Gasteiger partial charge in [0.15, 0.2) is 0 Å². The first kappa shape index (κ1) is 11.7. The lowest BCUT2D eigenvalue weighted by Crippen LogP contribution is -2.11. The van der Waals surface area contributed by atoms with E-state index in [2.05, 4.69) is 10.6 Å². The minimum absolute atomic E-state index is 0.292. The number of phenolic OH excluding ortho intramolecular Hbond substituents is 1. The number of nitrogens with zero attached hydrogens (tertiary/aromatic N) is 1. The molecular formula is C14H18N2O. The zero-order chi connectivity index (χ0) is 12.3. The Balaban J connectivity index is 2.35. The molecule has 0 bridgehead atoms. The molecule has 1 heterocycles. The quantitative estimate of drug-likeness (QED) is 0.846. The molecule has 0 saturated carbocycles. The molecule has 3 heteroatoms. The van der Waals surface area contributed by atoms with Crippen molar-refractivity contribution in [2.24, 2.45) is 12.8 Å². The fourth-order valence-corrected chi connectivity index (χ4v) is 2.19. The summed E-state index contributed by atoms with van der Waals surface area (Å²) in [6.07, 6.45) is 2.95. The summed E-state index contributed by atoms with van der Waals surface area (Å²) in [6, 6.07) is 11.5. The van der Waals surface area contributed by atoms with Crippen LogP contribution in [-0.2, 0) is 7.05 Å². The van der Waals surface area contributed by atoms with Crippen molar-refractivity contribution >= 4 is 0 Å². The third-order valence-corrected chi connectivity index (χ3v) is 3.09. The Hall–Kier alpha value is -1.74. The first-order chi connectivity index (χ1) is 8.22. The van der Waals surface area contributed by atoms with Gasteiger partial charge in [0.25, 0.3) is 0 Å². The van der Waals surface area contributed by atoms with Crippen LogP contribution in [0.4, 0.5) is 0 Å². The average Bonchev–Trinajstić information content (AvgIpc) is 2.74. The summed E-state index contributed by atoms with van der Waals surface area (Å²) in [6.45, 7) is 0.650. The minimum atomic E-state index is 0.292. The molecule has 0 amide bonds. The maximum atomic E-state index is 9.32. The number of hydrogen-bond acceptors (Lipinski definition) is 2. The zero-order valence-corrected chi connectivity index (χ0v) is 10.0. The van der Waals surface area contributed by atoms with Gasteiger partial charge in [-0.05, 0) is 42.8 Å². The predicted molar refractivity (Wildman–Crippen MR) is 69.0 cm³/mol. The Morgan fingerprint density at radius 3 is 2.47 bits per heavy atom. The van der Waals surface area contributed by atoms with Gasteiger partial charge in [0, 0.05) is 24.9 Å². The van der Waals surface area contributed by atoms with Gasteiger partial charge in [0.2, 0.25) is 0 Å². The average molecular weight is 230 g/mol. The van der Waals surface area contributed by atoms with Crippen molar-refractivity contribution in [1.82, 2.24) is 4.57 Å². The number of hydrogen-bond donors (Lipinski definition) is 2. The van der Waals surface area contributed by atoms with E-state index in [1.165, 1.54) is 11.3 Å². The van der Waals surface area contributed by atoms with Crippen molar-refractivity contribution in [2.75, 3.05) is 6.54 Å². The largest absolute Gasteiger partial charge is 0.508 e. The summed E-state index contributed by atoms with van der Waals surface area (Å²) < 4.78 is 2.12. The van der Waals surface area contributed by atoms with Gasteiger partial charge in [-0.1, -0.05) is 12.1 Å². The SMILES string of the molecule is Cn1cccc1C(CCN)c1ccc(O)cc1. The highest BCUT2D eigenvalue weighted by molar-refractivity contribution is 5.33. The van der Waals surface area contributed by atoms with Crippen LogP contribution in [0.2, 0.25) is 0 Å². The number of aromatic hydroxyl groups is 1. The molecule has 2 rings (SSSR count). The maximum Gasteiger partial charge on any atom is 0.115 e. The fraction of sp³-hybridized carbons (Fsp3) is 0.286. The normalized spacial score (nSPS) is 12.6. The molecule has 2 aromatic rings. The van der Waals surface area contributed by atoms with Crippen molar-refractivity contribution in [2.45, 2.75) is 12.3 Å². The van der Waals surface area contributed by atoms with E-state index < -0.39 is 0 Å². The molecule has 3 N–H and O–H groups in total. The second-order valence-electron chi connectivity index (χ2n) is 4.27. The molecule has 0 radical (unpaired) electrons. The molecule has 0 aliphatic carbocycles. The molecule has 0 fully saturated rings. The van der Waals surface area contributed by atoms with E-state index in [1.54, 1.807) is 12.1 Å². The van der Waals surface area contributed by atoms with E-state index in [0.717, 1.165) is 6.42 Å². The van der Waals surface area contributed by atoms with Crippen LogP contribution in [0.25, 0.3) is 0 Å². The van der Waals surface area contributed by atoms with Crippen molar-refractivity contribution < 1.29 is 5.11 Å². The third-order valence-electron chi connectivity index (χ3n) is 3.09. The second-order valence-corrected chi connectivity index (χ2v) is 4.27. The Labute approximate surface area is 102 Å². The lowest BCUT2D eigenvalue weighted by molar-refractivity contribution is 0.475. The highest BCUT2D eigenvalue weighted by atomic mass is 16.3. The monoisotopic (exact) mass is 230 g/mol. The fourth-order valence-electron chi connectivity index (χ4n) is 2.19. The Morgan fingerprint density at radius 2 is 1.94 bits per heavy atom.